The second kappa shape index (κ2) is 6.94. The molecule has 0 aromatic heterocycles. The Balaban J connectivity index is 2.66. The third-order valence-corrected chi connectivity index (χ3v) is 2.54. The fourth-order valence-electron chi connectivity index (χ4n) is 1.56. The maximum atomic E-state index is 12.7. The van der Waals surface area contributed by atoms with Crippen molar-refractivity contribution in [2.75, 3.05) is 6.54 Å². The van der Waals surface area contributed by atoms with Crippen molar-refractivity contribution < 1.29 is 22.4 Å². The van der Waals surface area contributed by atoms with Gasteiger partial charge in [-0.2, -0.15) is 13.2 Å². The fraction of sp³-hybridized carbons (Fsp3) is 0.357. The van der Waals surface area contributed by atoms with Crippen LogP contribution in [0.1, 0.15) is 18.4 Å². The van der Waals surface area contributed by atoms with E-state index in [2.05, 4.69) is 5.92 Å². The van der Waals surface area contributed by atoms with Crippen molar-refractivity contribution in [2.45, 2.75) is 25.6 Å². The highest BCUT2D eigenvalue weighted by Gasteiger charge is 2.29. The molecule has 0 fully saturated rings. The number of carbonyl (C=O) groups is 1. The number of amides is 1. The smallest absolute Gasteiger partial charge is 0.327 e. The zero-order valence-corrected chi connectivity index (χ0v) is 10.6. The highest BCUT2D eigenvalue weighted by atomic mass is 19.4. The lowest BCUT2D eigenvalue weighted by atomic mass is 10.2. The number of terminal acetylenes is 1. The van der Waals surface area contributed by atoms with Gasteiger partial charge >= 0.3 is 6.18 Å². The summed E-state index contributed by atoms with van der Waals surface area (Å²) in [7, 11) is 0. The van der Waals surface area contributed by atoms with Crippen LogP contribution in [0.2, 0.25) is 0 Å². The quantitative estimate of drug-likeness (QED) is 0.602. The number of alkyl halides is 3. The van der Waals surface area contributed by atoms with E-state index < -0.39 is 30.7 Å². The predicted octanol–water partition coefficient (Wildman–Crippen LogP) is 3.13. The molecule has 0 aliphatic rings. The lowest BCUT2D eigenvalue weighted by Crippen LogP contribution is -2.31. The van der Waals surface area contributed by atoms with Crippen molar-refractivity contribution in [3.05, 3.63) is 35.6 Å². The molecular formula is C14H13F4NO. The summed E-state index contributed by atoms with van der Waals surface area (Å²) in [6.45, 7) is -0.0325. The Bertz CT molecular complexity index is 487. The van der Waals surface area contributed by atoms with E-state index in [-0.39, 0.29) is 13.1 Å². The van der Waals surface area contributed by atoms with Gasteiger partial charge in [0.05, 0.1) is 13.0 Å². The molecule has 0 radical (unpaired) electrons. The zero-order valence-electron chi connectivity index (χ0n) is 10.6. The van der Waals surface area contributed by atoms with E-state index in [0.717, 1.165) is 4.90 Å². The number of halogens is 4. The topological polar surface area (TPSA) is 20.3 Å². The van der Waals surface area contributed by atoms with Gasteiger partial charge in [-0.15, -0.1) is 6.42 Å². The Kier molecular flexibility index (Phi) is 5.56. The largest absolute Gasteiger partial charge is 0.389 e. The Morgan fingerprint density at radius 1 is 1.25 bits per heavy atom. The highest BCUT2D eigenvalue weighted by Crippen LogP contribution is 2.22. The maximum absolute atomic E-state index is 12.7. The van der Waals surface area contributed by atoms with Crippen molar-refractivity contribution in [3.8, 4) is 12.3 Å². The van der Waals surface area contributed by atoms with Crippen LogP contribution in [0.5, 0.6) is 0 Å². The van der Waals surface area contributed by atoms with Gasteiger partial charge in [0.1, 0.15) is 5.82 Å². The minimum Gasteiger partial charge on any atom is -0.327 e. The first-order chi connectivity index (χ1) is 9.31. The molecule has 20 heavy (non-hydrogen) atoms. The molecule has 0 bridgehead atoms. The van der Waals surface area contributed by atoms with Crippen LogP contribution in [0.15, 0.2) is 24.3 Å². The van der Waals surface area contributed by atoms with E-state index in [9.17, 15) is 22.4 Å². The summed E-state index contributed by atoms with van der Waals surface area (Å²) in [4.78, 5) is 12.8. The molecule has 1 amide bonds. The first-order valence-corrected chi connectivity index (χ1v) is 5.84. The molecule has 1 rings (SSSR count). The van der Waals surface area contributed by atoms with Gasteiger partial charge in [0, 0.05) is 13.0 Å². The van der Waals surface area contributed by atoms with Crippen molar-refractivity contribution >= 4 is 5.91 Å². The minimum absolute atomic E-state index is 0.0567. The van der Waals surface area contributed by atoms with Crippen molar-refractivity contribution in [1.29, 1.82) is 0 Å². The molecule has 0 saturated carbocycles. The normalized spacial score (nSPS) is 10.9. The molecule has 0 spiro atoms. The third-order valence-electron chi connectivity index (χ3n) is 2.54. The van der Waals surface area contributed by atoms with E-state index >= 15 is 0 Å². The van der Waals surface area contributed by atoms with Crippen LogP contribution in [0.25, 0.3) is 0 Å². The van der Waals surface area contributed by atoms with Crippen LogP contribution >= 0.6 is 0 Å². The molecule has 6 heteroatoms. The number of nitrogens with zero attached hydrogens (tertiary/aromatic N) is 1. The molecule has 0 unspecified atom stereocenters. The summed E-state index contributed by atoms with van der Waals surface area (Å²) >= 11 is 0. The maximum Gasteiger partial charge on any atom is 0.389 e. The first kappa shape index (κ1) is 16.0. The van der Waals surface area contributed by atoms with Crippen molar-refractivity contribution in [3.63, 3.8) is 0 Å². The number of carbonyl (C=O) groups excluding carboxylic acids is 1. The lowest BCUT2D eigenvalue weighted by molar-refractivity contribution is -0.149. The first-order valence-electron chi connectivity index (χ1n) is 5.84. The Morgan fingerprint density at radius 3 is 2.35 bits per heavy atom. The van der Waals surface area contributed by atoms with E-state index in [4.69, 9.17) is 6.42 Å². The van der Waals surface area contributed by atoms with Gasteiger partial charge in [-0.3, -0.25) is 4.79 Å². The molecule has 0 N–H and O–H groups in total. The average molecular weight is 287 g/mol. The average Bonchev–Trinajstić information content (AvgIpc) is 2.37. The number of benzene rings is 1. The number of rotatable bonds is 5. The van der Waals surface area contributed by atoms with E-state index in [1.54, 1.807) is 0 Å². The zero-order chi connectivity index (χ0) is 15.2. The second-order valence-corrected chi connectivity index (χ2v) is 4.20. The molecule has 0 atom stereocenters. The Morgan fingerprint density at radius 2 is 1.85 bits per heavy atom. The Hall–Kier alpha value is -2.03. The summed E-state index contributed by atoms with van der Waals surface area (Å²) in [6, 6.07) is 5.33. The highest BCUT2D eigenvalue weighted by molar-refractivity contribution is 5.76. The summed E-state index contributed by atoms with van der Waals surface area (Å²) < 4.78 is 49.0. The molecule has 0 aliphatic heterocycles. The number of hydrogen-bond acceptors (Lipinski definition) is 1. The predicted molar refractivity (Wildman–Crippen MR) is 65.9 cm³/mol. The van der Waals surface area contributed by atoms with E-state index in [0.29, 0.717) is 5.56 Å². The summed E-state index contributed by atoms with van der Waals surface area (Å²) in [5.74, 6) is 1.12. The standard InChI is InChI=1S/C14H13F4NO/c1-2-9-19(13(20)7-8-14(16,17)18)10-11-3-5-12(15)6-4-11/h1,3-6H,7-10H2. The number of hydrogen-bond donors (Lipinski definition) is 0. The van der Waals surface area contributed by atoms with Gasteiger partial charge in [-0.1, -0.05) is 18.1 Å². The van der Waals surface area contributed by atoms with Gasteiger partial charge in [0.25, 0.3) is 0 Å². The lowest BCUT2D eigenvalue weighted by Gasteiger charge is -2.20. The molecule has 0 heterocycles. The monoisotopic (exact) mass is 287 g/mol. The van der Waals surface area contributed by atoms with E-state index in [1.165, 1.54) is 24.3 Å². The summed E-state index contributed by atoms with van der Waals surface area (Å²) in [6.07, 6.45) is -1.11. The Labute approximate surface area is 114 Å². The molecule has 1 aromatic rings. The van der Waals surface area contributed by atoms with Crippen LogP contribution in [0.4, 0.5) is 17.6 Å². The fourth-order valence-corrected chi connectivity index (χ4v) is 1.56. The van der Waals surface area contributed by atoms with Crippen molar-refractivity contribution in [1.82, 2.24) is 4.90 Å². The third kappa shape index (κ3) is 5.74. The molecule has 0 saturated heterocycles. The van der Waals surface area contributed by atoms with Crippen LogP contribution in [0.3, 0.4) is 0 Å². The molecule has 0 aliphatic carbocycles. The van der Waals surface area contributed by atoms with Gasteiger partial charge in [0.2, 0.25) is 5.91 Å². The van der Waals surface area contributed by atoms with Crippen LogP contribution < -0.4 is 0 Å². The van der Waals surface area contributed by atoms with Crippen LogP contribution in [-0.2, 0) is 11.3 Å². The van der Waals surface area contributed by atoms with Gasteiger partial charge in [-0.25, -0.2) is 4.39 Å². The molecule has 108 valence electrons. The molecule has 2 nitrogen and oxygen atoms in total. The van der Waals surface area contributed by atoms with Gasteiger partial charge in [0.15, 0.2) is 0 Å². The van der Waals surface area contributed by atoms with Gasteiger partial charge < -0.3 is 4.90 Å². The SMILES string of the molecule is C#CCN(Cc1ccc(F)cc1)C(=O)CCC(F)(F)F. The van der Waals surface area contributed by atoms with Crippen molar-refractivity contribution in [2.24, 2.45) is 0 Å². The van der Waals surface area contributed by atoms with E-state index in [1.807, 2.05) is 0 Å². The minimum atomic E-state index is -4.38. The summed E-state index contributed by atoms with van der Waals surface area (Å²) in [5.41, 5.74) is 0.599. The second-order valence-electron chi connectivity index (χ2n) is 4.20. The molecule has 1 aromatic carbocycles. The molecular weight excluding hydrogens is 274 g/mol. The summed E-state index contributed by atoms with van der Waals surface area (Å²) in [5, 5.41) is 0. The van der Waals surface area contributed by atoms with Crippen LogP contribution in [0, 0.1) is 18.2 Å². The van der Waals surface area contributed by atoms with Gasteiger partial charge in [-0.05, 0) is 17.7 Å². The van der Waals surface area contributed by atoms with Crippen LogP contribution in [-0.4, -0.2) is 23.5 Å².